The van der Waals surface area contributed by atoms with E-state index in [1.165, 1.54) is 169 Å². The van der Waals surface area contributed by atoms with Crippen LogP contribution in [0.4, 0.5) is 0 Å². The molecule has 0 fully saturated rings. The fourth-order valence-electron chi connectivity index (χ4n) is 12.7. The number of rotatable bonds is 51. The minimum atomic E-state index is -0.436. The molecule has 0 atom stereocenters. The van der Waals surface area contributed by atoms with Gasteiger partial charge >= 0.3 is 35.8 Å². The van der Waals surface area contributed by atoms with Gasteiger partial charge in [0.2, 0.25) is 0 Å². The molecule has 0 spiro atoms. The van der Waals surface area contributed by atoms with Crippen molar-refractivity contribution in [3.63, 3.8) is 0 Å². The third-order valence-electron chi connectivity index (χ3n) is 19.8. The summed E-state index contributed by atoms with van der Waals surface area (Å²) in [5, 5.41) is 0. The lowest BCUT2D eigenvalue weighted by molar-refractivity contribution is 0.0488. The Morgan fingerprint density at radius 3 is 0.607 bits per heavy atom. The van der Waals surface area contributed by atoms with Gasteiger partial charge in [0.1, 0.15) is 17.2 Å². The first-order chi connectivity index (χ1) is 57.3. The molecule has 0 aliphatic carbocycles. The summed E-state index contributed by atoms with van der Waals surface area (Å²) in [7, 11) is 0. The van der Waals surface area contributed by atoms with Crippen LogP contribution in [0.2, 0.25) is 0 Å². The first-order valence-electron chi connectivity index (χ1n) is 43.3. The van der Waals surface area contributed by atoms with Gasteiger partial charge in [0.05, 0.1) is 53.2 Å². The number of hydrogen-bond donors (Lipinski definition) is 0. The van der Waals surface area contributed by atoms with Crippen LogP contribution in [0.3, 0.4) is 0 Å². The summed E-state index contributed by atoms with van der Waals surface area (Å²) in [5.41, 5.74) is 9.26. The molecule has 0 amide bonds. The summed E-state index contributed by atoms with van der Waals surface area (Å²) in [4.78, 5) is 78.5. The molecule has 0 N–H and O–H groups in total. The zero-order chi connectivity index (χ0) is 83.1. The van der Waals surface area contributed by atoms with E-state index in [4.69, 9.17) is 28.4 Å². The van der Waals surface area contributed by atoms with Crippen LogP contribution < -0.4 is 14.2 Å². The SMILES string of the molecule is CCCCCCCCOC(=O)c1ccc(OC(=O)c2ccc(-c3ccc(SCCCCC)cc3)cc2)cc1.CCCCCCCCOC(=O)c1ccc(OC(=O)c2ccc(-c3ccc(SCCCCCC)cc3)cc2)cc1.CCCCCCCCOC(=O)c1ccc(OC(=O)c2ccc(-c3ccc(SCCCCCCC)cc3)cc2)cc1. The van der Waals surface area contributed by atoms with Gasteiger partial charge in [-0.1, -0.05) is 268 Å². The second-order valence-corrected chi connectivity index (χ2v) is 33.0. The van der Waals surface area contributed by atoms with Crippen LogP contribution >= 0.6 is 35.3 Å². The summed E-state index contributed by atoms with van der Waals surface area (Å²) in [6, 6.07) is 67.5. The maximum absolute atomic E-state index is 12.7. The molecule has 0 aromatic heterocycles. The van der Waals surface area contributed by atoms with Crippen LogP contribution in [0.1, 0.15) is 296 Å². The van der Waals surface area contributed by atoms with E-state index in [0.29, 0.717) is 70.4 Å². The highest BCUT2D eigenvalue weighted by Crippen LogP contribution is 2.31. The number of carbonyl (C=O) groups is 6. The normalized spacial score (nSPS) is 10.8. The van der Waals surface area contributed by atoms with Crippen LogP contribution in [-0.2, 0) is 14.2 Å². The van der Waals surface area contributed by atoms with E-state index < -0.39 is 17.9 Å². The van der Waals surface area contributed by atoms with Crippen LogP contribution in [0.5, 0.6) is 17.2 Å². The lowest BCUT2D eigenvalue weighted by atomic mass is 10.0. The number of carbonyl (C=O) groups excluding carboxylic acids is 6. The molecule has 0 aliphatic rings. The van der Waals surface area contributed by atoms with E-state index in [-0.39, 0.29) is 17.9 Å². The minimum absolute atomic E-state index is 0.351. The number of unbranched alkanes of at least 4 members (excludes halogenated alkanes) is 24. The predicted molar refractivity (Wildman–Crippen MR) is 485 cm³/mol. The molecule has 624 valence electrons. The summed E-state index contributed by atoms with van der Waals surface area (Å²) in [6.45, 7) is 14.6. The Balaban J connectivity index is 0.000000243. The van der Waals surface area contributed by atoms with Crippen molar-refractivity contribution in [1.29, 1.82) is 0 Å². The molecule has 12 nitrogen and oxygen atoms in total. The molecule has 15 heteroatoms. The molecule has 9 aromatic rings. The number of thioether (sulfide) groups is 3. The fourth-order valence-corrected chi connectivity index (χ4v) is 15.4. The van der Waals surface area contributed by atoms with E-state index in [2.05, 4.69) is 114 Å². The molecule has 0 radical (unpaired) electrons. The van der Waals surface area contributed by atoms with E-state index in [9.17, 15) is 28.8 Å². The van der Waals surface area contributed by atoms with Gasteiger partial charge in [-0.25, -0.2) is 28.8 Å². The molecule has 0 saturated heterocycles. The van der Waals surface area contributed by atoms with E-state index in [0.717, 1.165) is 89.2 Å². The molecule has 9 rings (SSSR count). The number of ether oxygens (including phenoxy) is 6. The molecular formula is C102H126O12S3. The second kappa shape index (κ2) is 57.9. The van der Waals surface area contributed by atoms with Gasteiger partial charge in [-0.2, -0.15) is 0 Å². The molecule has 0 aliphatic heterocycles. The van der Waals surface area contributed by atoms with Crippen molar-refractivity contribution in [3.8, 4) is 50.6 Å². The molecular weight excluding hydrogens is 1510 g/mol. The average molecular weight is 1640 g/mol. The van der Waals surface area contributed by atoms with Crippen molar-refractivity contribution in [2.45, 2.75) is 249 Å². The summed E-state index contributed by atoms with van der Waals surface area (Å²) in [5.74, 6) is 2.27. The average Bonchev–Trinajstić information content (AvgIpc) is 0.847. The maximum atomic E-state index is 12.7. The second-order valence-electron chi connectivity index (χ2n) is 29.5. The Bertz CT molecular complexity index is 4240. The largest absolute Gasteiger partial charge is 0.462 e. The number of benzene rings is 9. The first kappa shape index (κ1) is 95.0. The van der Waals surface area contributed by atoms with Crippen LogP contribution in [0, 0.1) is 0 Å². The van der Waals surface area contributed by atoms with Crippen LogP contribution in [-0.4, -0.2) is 72.9 Å². The summed E-state index contributed by atoms with van der Waals surface area (Å²) < 4.78 is 32.6. The smallest absolute Gasteiger partial charge is 0.343 e. The Kier molecular flexibility index (Phi) is 47.0. The highest BCUT2D eigenvalue weighted by Gasteiger charge is 2.17. The van der Waals surface area contributed by atoms with E-state index in [1.807, 2.05) is 71.7 Å². The van der Waals surface area contributed by atoms with Gasteiger partial charge in [-0.05, 0) is 235 Å². The highest BCUT2D eigenvalue weighted by atomic mass is 32.2. The van der Waals surface area contributed by atoms with Crippen molar-refractivity contribution >= 4 is 71.1 Å². The quantitative estimate of drug-likeness (QED) is 0.0116. The van der Waals surface area contributed by atoms with Gasteiger partial charge in [0, 0.05) is 14.7 Å². The third kappa shape index (κ3) is 37.6. The molecule has 117 heavy (non-hydrogen) atoms. The third-order valence-corrected chi connectivity index (χ3v) is 23.1. The molecule has 0 bridgehead atoms. The van der Waals surface area contributed by atoms with Crippen molar-refractivity contribution in [2.24, 2.45) is 0 Å². The highest BCUT2D eigenvalue weighted by molar-refractivity contribution is 7.99. The Morgan fingerprint density at radius 2 is 0.368 bits per heavy atom. The van der Waals surface area contributed by atoms with E-state index in [1.54, 1.807) is 109 Å². The zero-order valence-corrected chi connectivity index (χ0v) is 72.8. The molecule has 0 saturated carbocycles. The van der Waals surface area contributed by atoms with Crippen molar-refractivity contribution in [1.82, 2.24) is 0 Å². The Morgan fingerprint density at radius 1 is 0.197 bits per heavy atom. The number of esters is 6. The minimum Gasteiger partial charge on any atom is -0.462 e. The monoisotopic (exact) mass is 1640 g/mol. The van der Waals surface area contributed by atoms with E-state index >= 15 is 0 Å². The van der Waals surface area contributed by atoms with Gasteiger partial charge < -0.3 is 28.4 Å². The predicted octanol–water partition coefficient (Wildman–Crippen LogP) is 29.3. The van der Waals surface area contributed by atoms with Gasteiger partial charge in [0.15, 0.2) is 0 Å². The van der Waals surface area contributed by atoms with Crippen LogP contribution in [0.15, 0.2) is 233 Å². The van der Waals surface area contributed by atoms with Crippen molar-refractivity contribution < 1.29 is 57.2 Å². The lowest BCUT2D eigenvalue weighted by Crippen LogP contribution is -2.09. The van der Waals surface area contributed by atoms with Crippen molar-refractivity contribution in [3.05, 3.63) is 252 Å². The molecule has 0 heterocycles. The fraction of sp³-hybridized carbons (Fsp3) is 0.412. The van der Waals surface area contributed by atoms with Crippen LogP contribution in [0.25, 0.3) is 33.4 Å². The van der Waals surface area contributed by atoms with Crippen molar-refractivity contribution in [2.75, 3.05) is 37.1 Å². The zero-order valence-electron chi connectivity index (χ0n) is 70.4. The topological polar surface area (TPSA) is 158 Å². The molecule has 9 aromatic carbocycles. The number of hydrogen-bond acceptors (Lipinski definition) is 15. The van der Waals surface area contributed by atoms with Gasteiger partial charge in [-0.3, -0.25) is 0 Å². The Labute approximate surface area is 711 Å². The van der Waals surface area contributed by atoms with Gasteiger partial charge in [0.25, 0.3) is 0 Å². The molecule has 0 unspecified atom stereocenters. The maximum Gasteiger partial charge on any atom is 0.343 e. The summed E-state index contributed by atoms with van der Waals surface area (Å²) >= 11 is 5.71. The summed E-state index contributed by atoms with van der Waals surface area (Å²) in [6.07, 6.45) is 36.0. The Hall–Kier alpha value is -9.15. The lowest BCUT2D eigenvalue weighted by Gasteiger charge is -2.08. The standard InChI is InChI=1S/C35H44O4S.C34H42O4S.C33H40O4S/c1-3-5-7-9-10-12-26-38-34(36)30-18-22-32(23-19-30)39-35(37)31-16-14-28(15-17-31)29-20-24-33(25-21-29)40-27-13-11-8-6-4-2;1-3-5-7-9-10-11-25-37-33(35)29-17-21-31(22-18-29)38-34(36)30-15-13-27(14-16-30)28-19-23-32(24-20-28)39-26-12-8-6-4-2;1-3-5-7-8-9-10-24-36-32(34)28-16-20-30(21-17-28)37-33(35)29-14-12-26(13-15-29)27-18-22-31(23-19-27)38-25-11-6-4-2/h14-25H,3-13,26-27H2,1-2H3;13-24H,3-12,25-26H2,1-2H3;12-23H,3-11,24-25H2,1-2H3. The first-order valence-corrected chi connectivity index (χ1v) is 46.2. The van der Waals surface area contributed by atoms with Gasteiger partial charge in [-0.15, -0.1) is 35.3 Å².